The molecule has 1 aromatic heterocycles. The predicted molar refractivity (Wildman–Crippen MR) is 69.8 cm³/mol. The van der Waals surface area contributed by atoms with Crippen LogP contribution in [0.3, 0.4) is 0 Å². The van der Waals surface area contributed by atoms with Crippen LogP contribution >= 0.6 is 11.3 Å². The van der Waals surface area contributed by atoms with Crippen molar-refractivity contribution in [3.8, 4) is 0 Å². The number of aromatic nitrogens is 1. The highest BCUT2D eigenvalue weighted by molar-refractivity contribution is 7.15. The summed E-state index contributed by atoms with van der Waals surface area (Å²) in [4.78, 5) is 5.31. The van der Waals surface area contributed by atoms with Crippen molar-refractivity contribution in [1.29, 1.82) is 0 Å². The van der Waals surface area contributed by atoms with Crippen molar-refractivity contribution in [3.63, 3.8) is 0 Å². The third-order valence-electron chi connectivity index (χ3n) is 2.69. The summed E-state index contributed by atoms with van der Waals surface area (Å²) in [6, 6.07) is 5.32. The Hall–Kier alpha value is -1.42. The topological polar surface area (TPSA) is 38.9 Å². The van der Waals surface area contributed by atoms with Gasteiger partial charge in [-0.25, -0.2) is 9.37 Å². The zero-order valence-electron chi connectivity index (χ0n) is 9.96. The van der Waals surface area contributed by atoms with Gasteiger partial charge in [0.2, 0.25) is 0 Å². The number of nitrogens with two attached hydrogens (primary N) is 1. The average Bonchev–Trinajstić information content (AvgIpc) is 2.63. The van der Waals surface area contributed by atoms with E-state index < -0.39 is 0 Å². The largest absolute Gasteiger partial charge is 0.375 e. The van der Waals surface area contributed by atoms with E-state index in [4.69, 9.17) is 5.73 Å². The molecule has 2 aromatic rings. The Morgan fingerprint density at radius 1 is 1.41 bits per heavy atom. The summed E-state index contributed by atoms with van der Waals surface area (Å²) in [6.07, 6.45) is 1.40. The summed E-state index contributed by atoms with van der Waals surface area (Å²) >= 11 is 1.45. The van der Waals surface area contributed by atoms with Crippen molar-refractivity contribution in [2.45, 2.75) is 26.7 Å². The quantitative estimate of drug-likeness (QED) is 0.907. The number of hydrogen-bond acceptors (Lipinski definition) is 3. The maximum atomic E-state index is 13.7. The van der Waals surface area contributed by atoms with Crippen LogP contribution in [-0.4, -0.2) is 4.98 Å². The lowest BCUT2D eigenvalue weighted by Gasteiger charge is -2.03. The molecule has 17 heavy (non-hydrogen) atoms. The maximum absolute atomic E-state index is 13.7. The summed E-state index contributed by atoms with van der Waals surface area (Å²) in [5.74, 6) is -0.154. The predicted octanol–water partition coefficient (Wildman–Crippen LogP) is 3.33. The molecule has 90 valence electrons. The SMILES string of the molecule is CCc1nc(N)sc1Cc1ccc(C)cc1F. The summed E-state index contributed by atoms with van der Waals surface area (Å²) in [6.45, 7) is 3.92. The number of anilines is 1. The Morgan fingerprint density at radius 3 is 2.82 bits per heavy atom. The van der Waals surface area contributed by atoms with Gasteiger partial charge in [0.15, 0.2) is 5.13 Å². The fraction of sp³-hybridized carbons (Fsp3) is 0.308. The Labute approximate surface area is 104 Å². The molecule has 0 aliphatic carbocycles. The highest BCUT2D eigenvalue weighted by Crippen LogP contribution is 2.25. The first-order valence-corrected chi connectivity index (χ1v) is 6.41. The van der Waals surface area contributed by atoms with Gasteiger partial charge in [-0.15, -0.1) is 11.3 Å². The van der Waals surface area contributed by atoms with E-state index in [-0.39, 0.29) is 5.82 Å². The Morgan fingerprint density at radius 2 is 2.18 bits per heavy atom. The molecule has 2 N–H and O–H groups in total. The van der Waals surface area contributed by atoms with Gasteiger partial charge in [-0.05, 0) is 30.5 Å². The number of nitrogen functional groups attached to an aromatic ring is 1. The normalized spacial score (nSPS) is 10.8. The summed E-state index contributed by atoms with van der Waals surface area (Å²) in [7, 11) is 0. The van der Waals surface area contributed by atoms with E-state index in [0.29, 0.717) is 17.1 Å². The summed E-state index contributed by atoms with van der Waals surface area (Å²) in [5, 5.41) is 0.560. The number of nitrogens with zero attached hydrogens (tertiary/aromatic N) is 1. The second-order valence-corrected chi connectivity index (χ2v) is 5.16. The molecule has 0 atom stereocenters. The third kappa shape index (κ3) is 2.64. The van der Waals surface area contributed by atoms with Gasteiger partial charge < -0.3 is 5.73 Å². The molecule has 2 rings (SSSR count). The minimum atomic E-state index is -0.154. The first-order chi connectivity index (χ1) is 8.10. The highest BCUT2D eigenvalue weighted by atomic mass is 32.1. The van der Waals surface area contributed by atoms with E-state index in [0.717, 1.165) is 22.6 Å². The lowest BCUT2D eigenvalue weighted by Crippen LogP contribution is -1.95. The van der Waals surface area contributed by atoms with Crippen LogP contribution < -0.4 is 5.73 Å². The van der Waals surface area contributed by atoms with E-state index in [1.54, 1.807) is 6.07 Å². The Bertz CT molecular complexity index is 534. The second kappa shape index (κ2) is 4.84. The van der Waals surface area contributed by atoms with Crippen LogP contribution in [0.2, 0.25) is 0 Å². The van der Waals surface area contributed by atoms with Gasteiger partial charge in [0, 0.05) is 11.3 Å². The molecular weight excluding hydrogens is 235 g/mol. The van der Waals surface area contributed by atoms with Gasteiger partial charge in [0.05, 0.1) is 5.69 Å². The molecule has 0 radical (unpaired) electrons. The molecule has 0 unspecified atom stereocenters. The molecule has 0 aliphatic rings. The Kier molecular flexibility index (Phi) is 3.43. The third-order valence-corrected chi connectivity index (χ3v) is 3.62. The van der Waals surface area contributed by atoms with E-state index in [2.05, 4.69) is 4.98 Å². The molecular formula is C13H15FN2S. The highest BCUT2D eigenvalue weighted by Gasteiger charge is 2.11. The number of hydrogen-bond donors (Lipinski definition) is 1. The van der Waals surface area contributed by atoms with Gasteiger partial charge in [-0.1, -0.05) is 19.1 Å². The second-order valence-electron chi connectivity index (χ2n) is 4.05. The minimum absolute atomic E-state index is 0.154. The number of rotatable bonds is 3. The smallest absolute Gasteiger partial charge is 0.180 e. The number of benzene rings is 1. The fourth-order valence-corrected chi connectivity index (χ4v) is 2.73. The molecule has 2 nitrogen and oxygen atoms in total. The fourth-order valence-electron chi connectivity index (χ4n) is 1.79. The molecule has 0 saturated heterocycles. The van der Waals surface area contributed by atoms with E-state index >= 15 is 0 Å². The van der Waals surface area contributed by atoms with Crippen LogP contribution in [0.25, 0.3) is 0 Å². The van der Waals surface area contributed by atoms with Crippen molar-refractivity contribution in [2.75, 3.05) is 5.73 Å². The number of halogens is 1. The van der Waals surface area contributed by atoms with Crippen molar-refractivity contribution in [3.05, 3.63) is 45.7 Å². The monoisotopic (exact) mass is 250 g/mol. The first kappa shape index (κ1) is 12.0. The molecule has 0 aliphatic heterocycles. The zero-order chi connectivity index (χ0) is 12.4. The van der Waals surface area contributed by atoms with Crippen LogP contribution in [0.5, 0.6) is 0 Å². The standard InChI is InChI=1S/C13H15FN2S/c1-3-11-12(17-13(15)16-11)7-9-5-4-8(2)6-10(9)14/h4-6H,3,7H2,1-2H3,(H2,15,16). The number of thiazole rings is 1. The first-order valence-electron chi connectivity index (χ1n) is 5.59. The van der Waals surface area contributed by atoms with Gasteiger partial charge in [0.25, 0.3) is 0 Å². The van der Waals surface area contributed by atoms with Gasteiger partial charge in [0.1, 0.15) is 5.82 Å². The minimum Gasteiger partial charge on any atom is -0.375 e. The van der Waals surface area contributed by atoms with Crippen molar-refractivity contribution < 1.29 is 4.39 Å². The van der Waals surface area contributed by atoms with Crippen molar-refractivity contribution in [1.82, 2.24) is 4.98 Å². The van der Waals surface area contributed by atoms with Gasteiger partial charge in [-0.3, -0.25) is 0 Å². The van der Waals surface area contributed by atoms with Crippen LogP contribution in [0.4, 0.5) is 9.52 Å². The molecule has 1 heterocycles. The van der Waals surface area contributed by atoms with E-state index in [1.165, 1.54) is 11.3 Å². The van der Waals surface area contributed by atoms with Gasteiger partial charge in [-0.2, -0.15) is 0 Å². The molecule has 1 aromatic carbocycles. The van der Waals surface area contributed by atoms with Crippen molar-refractivity contribution >= 4 is 16.5 Å². The average molecular weight is 250 g/mol. The molecule has 0 spiro atoms. The Balaban J connectivity index is 2.30. The van der Waals surface area contributed by atoms with Gasteiger partial charge >= 0.3 is 0 Å². The lowest BCUT2D eigenvalue weighted by molar-refractivity contribution is 0.613. The van der Waals surface area contributed by atoms with E-state index in [1.807, 2.05) is 26.0 Å². The number of aryl methyl sites for hydroxylation is 2. The maximum Gasteiger partial charge on any atom is 0.180 e. The van der Waals surface area contributed by atoms with Crippen LogP contribution in [0, 0.1) is 12.7 Å². The zero-order valence-corrected chi connectivity index (χ0v) is 10.8. The van der Waals surface area contributed by atoms with Crippen LogP contribution in [0.1, 0.15) is 28.6 Å². The summed E-state index contributed by atoms with van der Waals surface area (Å²) < 4.78 is 13.7. The van der Waals surface area contributed by atoms with Crippen molar-refractivity contribution in [2.24, 2.45) is 0 Å². The molecule has 0 bridgehead atoms. The van der Waals surface area contributed by atoms with Crippen LogP contribution in [-0.2, 0) is 12.8 Å². The molecule has 0 fully saturated rings. The molecule has 0 saturated carbocycles. The van der Waals surface area contributed by atoms with Crippen LogP contribution in [0.15, 0.2) is 18.2 Å². The summed E-state index contributed by atoms with van der Waals surface area (Å²) in [5.41, 5.74) is 8.30. The molecule has 0 amide bonds. The van der Waals surface area contributed by atoms with E-state index in [9.17, 15) is 4.39 Å². The molecule has 4 heteroatoms. The lowest BCUT2D eigenvalue weighted by atomic mass is 10.1.